The molecule has 5 heteroatoms. The van der Waals surface area contributed by atoms with E-state index in [1.54, 1.807) is 6.33 Å². The standard InChI is InChI=1S/C9H18N4O/c1-2-5-13-9(11-8-12-13)7-14-6-3-4-10/h8H,2-7,10H2,1H3. The third-order valence-corrected chi connectivity index (χ3v) is 1.86. The summed E-state index contributed by atoms with van der Waals surface area (Å²) in [7, 11) is 0. The Bertz CT molecular complexity index is 249. The Kier molecular flexibility index (Phi) is 5.17. The molecule has 0 aliphatic heterocycles. The lowest BCUT2D eigenvalue weighted by Crippen LogP contribution is -2.09. The summed E-state index contributed by atoms with van der Waals surface area (Å²) in [6, 6.07) is 0. The van der Waals surface area contributed by atoms with Crippen molar-refractivity contribution in [2.24, 2.45) is 5.73 Å². The normalized spacial score (nSPS) is 10.7. The predicted molar refractivity (Wildman–Crippen MR) is 53.6 cm³/mol. The molecule has 0 aromatic carbocycles. The molecule has 5 nitrogen and oxygen atoms in total. The largest absolute Gasteiger partial charge is 0.373 e. The van der Waals surface area contributed by atoms with E-state index in [1.807, 2.05) is 4.68 Å². The molecule has 1 heterocycles. The molecule has 2 N–H and O–H groups in total. The molecular weight excluding hydrogens is 180 g/mol. The topological polar surface area (TPSA) is 66.0 Å². The lowest BCUT2D eigenvalue weighted by Gasteiger charge is -2.04. The molecule has 1 rings (SSSR count). The van der Waals surface area contributed by atoms with Crippen molar-refractivity contribution < 1.29 is 4.74 Å². The van der Waals surface area contributed by atoms with E-state index in [0.717, 1.165) is 25.2 Å². The van der Waals surface area contributed by atoms with E-state index in [-0.39, 0.29) is 0 Å². The molecule has 0 atom stereocenters. The van der Waals surface area contributed by atoms with Gasteiger partial charge in [0.1, 0.15) is 12.9 Å². The average molecular weight is 198 g/mol. The fraction of sp³-hybridized carbons (Fsp3) is 0.778. The van der Waals surface area contributed by atoms with E-state index in [0.29, 0.717) is 19.8 Å². The van der Waals surface area contributed by atoms with Crippen molar-refractivity contribution in [2.75, 3.05) is 13.2 Å². The summed E-state index contributed by atoms with van der Waals surface area (Å²) in [5.41, 5.74) is 5.35. The summed E-state index contributed by atoms with van der Waals surface area (Å²) >= 11 is 0. The molecule has 0 aliphatic rings. The molecule has 0 amide bonds. The maximum absolute atomic E-state index is 5.40. The van der Waals surface area contributed by atoms with Gasteiger partial charge in [-0.1, -0.05) is 6.92 Å². The zero-order valence-corrected chi connectivity index (χ0v) is 8.65. The van der Waals surface area contributed by atoms with Crippen LogP contribution in [0.1, 0.15) is 25.6 Å². The molecule has 0 radical (unpaired) electrons. The summed E-state index contributed by atoms with van der Waals surface area (Å²) in [6.45, 7) is 4.90. The van der Waals surface area contributed by atoms with Crippen molar-refractivity contribution in [3.05, 3.63) is 12.2 Å². The quantitative estimate of drug-likeness (QED) is 0.650. The Hall–Kier alpha value is -0.940. The summed E-state index contributed by atoms with van der Waals surface area (Å²) in [6.07, 6.45) is 3.51. The molecule has 1 aromatic heterocycles. The number of nitrogens with two attached hydrogens (primary N) is 1. The Labute approximate surface area is 84.3 Å². The van der Waals surface area contributed by atoms with Gasteiger partial charge in [-0.25, -0.2) is 9.67 Å². The molecule has 0 saturated carbocycles. The van der Waals surface area contributed by atoms with Crippen LogP contribution in [0.15, 0.2) is 6.33 Å². The second kappa shape index (κ2) is 6.50. The minimum atomic E-state index is 0.528. The number of nitrogens with zero attached hydrogens (tertiary/aromatic N) is 3. The van der Waals surface area contributed by atoms with Gasteiger partial charge >= 0.3 is 0 Å². The predicted octanol–water partition coefficient (Wildman–Crippen LogP) is 0.554. The maximum Gasteiger partial charge on any atom is 0.152 e. The fourth-order valence-corrected chi connectivity index (χ4v) is 1.15. The molecule has 0 aliphatic carbocycles. The Balaban J connectivity index is 2.30. The summed E-state index contributed by atoms with van der Waals surface area (Å²) in [5.74, 6) is 0.892. The first-order valence-electron chi connectivity index (χ1n) is 5.03. The number of rotatable bonds is 7. The van der Waals surface area contributed by atoms with Crippen molar-refractivity contribution in [2.45, 2.75) is 32.9 Å². The van der Waals surface area contributed by atoms with Gasteiger partial charge in [-0.15, -0.1) is 0 Å². The van der Waals surface area contributed by atoms with E-state index in [2.05, 4.69) is 17.0 Å². The van der Waals surface area contributed by atoms with Crippen LogP contribution in [0.25, 0.3) is 0 Å². The molecule has 0 unspecified atom stereocenters. The van der Waals surface area contributed by atoms with Crippen molar-refractivity contribution >= 4 is 0 Å². The first-order valence-corrected chi connectivity index (χ1v) is 5.03. The lowest BCUT2D eigenvalue weighted by molar-refractivity contribution is 0.111. The van der Waals surface area contributed by atoms with Gasteiger partial charge in [0, 0.05) is 13.2 Å². The average Bonchev–Trinajstić information content (AvgIpc) is 2.61. The van der Waals surface area contributed by atoms with Gasteiger partial charge in [-0.05, 0) is 19.4 Å². The Morgan fingerprint density at radius 1 is 1.57 bits per heavy atom. The number of aromatic nitrogens is 3. The van der Waals surface area contributed by atoms with Gasteiger partial charge in [0.05, 0.1) is 0 Å². The molecule has 0 saturated heterocycles. The number of aryl methyl sites for hydroxylation is 1. The summed E-state index contributed by atoms with van der Waals surface area (Å²) < 4.78 is 7.28. The SMILES string of the molecule is CCCn1ncnc1COCCCN. The van der Waals surface area contributed by atoms with E-state index in [9.17, 15) is 0 Å². The third-order valence-electron chi connectivity index (χ3n) is 1.86. The van der Waals surface area contributed by atoms with Crippen molar-refractivity contribution in [1.82, 2.24) is 14.8 Å². The highest BCUT2D eigenvalue weighted by Crippen LogP contribution is 1.98. The molecule has 0 spiro atoms. The Morgan fingerprint density at radius 2 is 2.43 bits per heavy atom. The lowest BCUT2D eigenvalue weighted by atomic mass is 10.4. The highest BCUT2D eigenvalue weighted by molar-refractivity contribution is 4.81. The van der Waals surface area contributed by atoms with Gasteiger partial charge in [0.25, 0.3) is 0 Å². The van der Waals surface area contributed by atoms with Crippen LogP contribution in [-0.2, 0) is 17.9 Å². The molecule has 80 valence electrons. The zero-order chi connectivity index (χ0) is 10.2. The van der Waals surface area contributed by atoms with Gasteiger partial charge < -0.3 is 10.5 Å². The van der Waals surface area contributed by atoms with Crippen LogP contribution in [0, 0.1) is 0 Å². The molecule has 1 aromatic rings. The smallest absolute Gasteiger partial charge is 0.152 e. The highest BCUT2D eigenvalue weighted by Gasteiger charge is 2.02. The minimum absolute atomic E-state index is 0.528. The van der Waals surface area contributed by atoms with Crippen LogP contribution < -0.4 is 5.73 Å². The van der Waals surface area contributed by atoms with Crippen molar-refractivity contribution in [1.29, 1.82) is 0 Å². The molecule has 14 heavy (non-hydrogen) atoms. The van der Waals surface area contributed by atoms with E-state index >= 15 is 0 Å². The van der Waals surface area contributed by atoms with Gasteiger partial charge in [-0.3, -0.25) is 0 Å². The van der Waals surface area contributed by atoms with Gasteiger partial charge in [-0.2, -0.15) is 5.10 Å². The second-order valence-corrected chi connectivity index (χ2v) is 3.09. The van der Waals surface area contributed by atoms with Crippen LogP contribution in [0.3, 0.4) is 0 Å². The monoisotopic (exact) mass is 198 g/mol. The summed E-state index contributed by atoms with van der Waals surface area (Å²) in [4.78, 5) is 4.13. The summed E-state index contributed by atoms with van der Waals surface area (Å²) in [5, 5.41) is 4.11. The fourth-order valence-electron chi connectivity index (χ4n) is 1.15. The molecule has 0 bridgehead atoms. The zero-order valence-electron chi connectivity index (χ0n) is 8.65. The van der Waals surface area contributed by atoms with Crippen LogP contribution >= 0.6 is 0 Å². The minimum Gasteiger partial charge on any atom is -0.373 e. The van der Waals surface area contributed by atoms with Crippen LogP contribution in [0.5, 0.6) is 0 Å². The van der Waals surface area contributed by atoms with Crippen molar-refractivity contribution in [3.8, 4) is 0 Å². The first kappa shape index (κ1) is 11.1. The number of hydrogen-bond donors (Lipinski definition) is 1. The molecule has 0 fully saturated rings. The molecular formula is C9H18N4O. The van der Waals surface area contributed by atoms with E-state index in [1.165, 1.54) is 0 Å². The van der Waals surface area contributed by atoms with E-state index in [4.69, 9.17) is 10.5 Å². The first-order chi connectivity index (χ1) is 6.88. The Morgan fingerprint density at radius 3 is 3.14 bits per heavy atom. The van der Waals surface area contributed by atoms with Crippen LogP contribution in [0.2, 0.25) is 0 Å². The van der Waals surface area contributed by atoms with Gasteiger partial charge in [0.15, 0.2) is 5.82 Å². The van der Waals surface area contributed by atoms with Crippen molar-refractivity contribution in [3.63, 3.8) is 0 Å². The van der Waals surface area contributed by atoms with Crippen LogP contribution in [-0.4, -0.2) is 27.9 Å². The third kappa shape index (κ3) is 3.43. The highest BCUT2D eigenvalue weighted by atomic mass is 16.5. The number of ether oxygens (including phenoxy) is 1. The van der Waals surface area contributed by atoms with Crippen LogP contribution in [0.4, 0.5) is 0 Å². The van der Waals surface area contributed by atoms with Gasteiger partial charge in [0.2, 0.25) is 0 Å². The maximum atomic E-state index is 5.40. The number of hydrogen-bond acceptors (Lipinski definition) is 4. The second-order valence-electron chi connectivity index (χ2n) is 3.09. The van der Waals surface area contributed by atoms with E-state index < -0.39 is 0 Å².